The molecule has 1 saturated heterocycles. The molecular weight excluding hydrogens is 485 g/mol. The summed E-state index contributed by atoms with van der Waals surface area (Å²) in [6.45, 7) is 5.72. The van der Waals surface area contributed by atoms with Crippen molar-refractivity contribution in [2.75, 3.05) is 6.54 Å². The first kappa shape index (κ1) is 22.8. The van der Waals surface area contributed by atoms with Crippen LogP contribution in [0.5, 0.6) is 5.75 Å². The lowest BCUT2D eigenvalue weighted by atomic mass is 10.2. The standard InChI is InChI=1S/C20H15Cl2NO4S3/c1-3-8-23-19(24)17(29-20(23)28)10-13-9-14(21)11-16(22)18(13)27-30(25,26)15-6-4-12(2)5-7-15/h3-7,9-11H,1,8H2,2H3. The molecule has 0 spiro atoms. The van der Waals surface area contributed by atoms with Crippen LogP contribution in [0.2, 0.25) is 10.0 Å². The van der Waals surface area contributed by atoms with Crippen LogP contribution >= 0.6 is 47.2 Å². The molecule has 30 heavy (non-hydrogen) atoms. The molecule has 0 aliphatic carbocycles. The van der Waals surface area contributed by atoms with Gasteiger partial charge in [0.15, 0.2) is 5.75 Å². The Morgan fingerprint density at radius 1 is 1.23 bits per heavy atom. The van der Waals surface area contributed by atoms with Crippen LogP contribution in [0, 0.1) is 6.92 Å². The largest absolute Gasteiger partial charge is 0.377 e. The molecular formula is C20H15Cl2NO4S3. The lowest BCUT2D eigenvalue weighted by Crippen LogP contribution is -2.27. The number of carbonyl (C=O) groups is 1. The van der Waals surface area contributed by atoms with Crippen molar-refractivity contribution >= 4 is 73.6 Å². The van der Waals surface area contributed by atoms with Gasteiger partial charge < -0.3 is 4.18 Å². The number of hydrogen-bond acceptors (Lipinski definition) is 6. The van der Waals surface area contributed by atoms with Crippen molar-refractivity contribution in [1.82, 2.24) is 4.90 Å². The van der Waals surface area contributed by atoms with Gasteiger partial charge in [0.25, 0.3) is 5.91 Å². The van der Waals surface area contributed by atoms with Gasteiger partial charge in [0.05, 0.1) is 9.93 Å². The maximum atomic E-state index is 12.7. The summed E-state index contributed by atoms with van der Waals surface area (Å²) in [6, 6.07) is 9.02. The first-order chi connectivity index (χ1) is 14.1. The van der Waals surface area contributed by atoms with Crippen molar-refractivity contribution in [3.8, 4) is 5.75 Å². The van der Waals surface area contributed by atoms with Crippen molar-refractivity contribution in [1.29, 1.82) is 0 Å². The van der Waals surface area contributed by atoms with Gasteiger partial charge in [0, 0.05) is 17.1 Å². The summed E-state index contributed by atoms with van der Waals surface area (Å²) in [4.78, 5) is 14.3. The molecule has 0 aromatic heterocycles. The summed E-state index contributed by atoms with van der Waals surface area (Å²) in [5.41, 5.74) is 1.14. The van der Waals surface area contributed by atoms with Gasteiger partial charge in [0.1, 0.15) is 9.22 Å². The van der Waals surface area contributed by atoms with Gasteiger partial charge in [-0.3, -0.25) is 9.69 Å². The van der Waals surface area contributed by atoms with Gasteiger partial charge >= 0.3 is 10.1 Å². The number of benzene rings is 2. The molecule has 0 saturated carbocycles. The molecule has 10 heteroatoms. The van der Waals surface area contributed by atoms with Crippen LogP contribution in [0.3, 0.4) is 0 Å². The zero-order chi connectivity index (χ0) is 22.1. The highest BCUT2D eigenvalue weighted by Gasteiger charge is 2.32. The van der Waals surface area contributed by atoms with Crippen LogP contribution in [0.4, 0.5) is 0 Å². The Hall–Kier alpha value is -1.84. The highest BCUT2D eigenvalue weighted by Crippen LogP contribution is 2.39. The van der Waals surface area contributed by atoms with Crippen molar-refractivity contribution < 1.29 is 17.4 Å². The Labute approximate surface area is 194 Å². The smallest absolute Gasteiger partial charge is 0.339 e. The summed E-state index contributed by atoms with van der Waals surface area (Å²) >= 11 is 18.6. The molecule has 0 radical (unpaired) electrons. The molecule has 3 rings (SSSR count). The predicted molar refractivity (Wildman–Crippen MR) is 126 cm³/mol. The fourth-order valence-corrected chi connectivity index (χ4v) is 5.40. The summed E-state index contributed by atoms with van der Waals surface area (Å²) in [7, 11) is -4.16. The van der Waals surface area contributed by atoms with Gasteiger partial charge in [-0.1, -0.05) is 71.0 Å². The second kappa shape index (κ2) is 9.11. The van der Waals surface area contributed by atoms with E-state index in [-0.39, 0.29) is 43.6 Å². The monoisotopic (exact) mass is 499 g/mol. The van der Waals surface area contributed by atoms with E-state index < -0.39 is 10.1 Å². The minimum Gasteiger partial charge on any atom is -0.377 e. The van der Waals surface area contributed by atoms with Crippen LogP contribution in [0.25, 0.3) is 6.08 Å². The lowest BCUT2D eigenvalue weighted by Gasteiger charge is -2.13. The Morgan fingerprint density at radius 2 is 1.90 bits per heavy atom. The number of thiocarbonyl (C=S) groups is 1. The number of thioether (sulfide) groups is 1. The zero-order valence-electron chi connectivity index (χ0n) is 15.6. The molecule has 2 aromatic carbocycles. The Kier molecular flexibility index (Phi) is 6.94. The maximum absolute atomic E-state index is 12.7. The van der Waals surface area contributed by atoms with Gasteiger partial charge in [0.2, 0.25) is 0 Å². The SMILES string of the molecule is C=CCN1C(=O)C(=Cc2cc(Cl)cc(Cl)c2OS(=O)(=O)c2ccc(C)cc2)SC1=S. The number of nitrogens with zero attached hydrogens (tertiary/aromatic N) is 1. The molecule has 0 unspecified atom stereocenters. The number of hydrogen-bond donors (Lipinski definition) is 0. The van der Waals surface area contributed by atoms with E-state index in [0.29, 0.717) is 4.32 Å². The van der Waals surface area contributed by atoms with Crippen LogP contribution in [-0.2, 0) is 14.9 Å². The highest BCUT2D eigenvalue weighted by molar-refractivity contribution is 8.26. The molecule has 156 valence electrons. The Bertz CT molecular complexity index is 1180. The maximum Gasteiger partial charge on any atom is 0.339 e. The molecule has 5 nitrogen and oxygen atoms in total. The minimum absolute atomic E-state index is 0.00833. The van der Waals surface area contributed by atoms with Crippen LogP contribution in [0.15, 0.2) is 58.9 Å². The van der Waals surface area contributed by atoms with Crippen LogP contribution in [-0.4, -0.2) is 30.1 Å². The van der Waals surface area contributed by atoms with Gasteiger partial charge in [-0.25, -0.2) is 0 Å². The first-order valence-corrected chi connectivity index (χ1v) is 11.9. The Morgan fingerprint density at radius 3 is 2.53 bits per heavy atom. The molecule has 1 aliphatic heterocycles. The van der Waals surface area contributed by atoms with Gasteiger partial charge in [-0.15, -0.1) is 6.58 Å². The molecule has 1 fully saturated rings. The van der Waals surface area contributed by atoms with E-state index in [1.807, 2.05) is 6.92 Å². The first-order valence-electron chi connectivity index (χ1n) is 8.49. The minimum atomic E-state index is -4.16. The summed E-state index contributed by atoms with van der Waals surface area (Å²) < 4.78 is 31.2. The molecule has 0 N–H and O–H groups in total. The van der Waals surface area contributed by atoms with E-state index in [0.717, 1.165) is 17.3 Å². The number of aryl methyl sites for hydroxylation is 1. The molecule has 1 amide bonds. The second-order valence-electron chi connectivity index (χ2n) is 6.24. The predicted octanol–water partition coefficient (Wildman–Crippen LogP) is 5.46. The van der Waals surface area contributed by atoms with Crippen LogP contribution < -0.4 is 4.18 Å². The van der Waals surface area contributed by atoms with Gasteiger partial charge in [-0.2, -0.15) is 8.42 Å². The average Bonchev–Trinajstić information content (AvgIpc) is 2.93. The topological polar surface area (TPSA) is 63.7 Å². The normalized spacial score (nSPS) is 15.7. The summed E-state index contributed by atoms with van der Waals surface area (Å²) in [6.07, 6.45) is 3.02. The third kappa shape index (κ3) is 4.90. The summed E-state index contributed by atoms with van der Waals surface area (Å²) in [5.74, 6) is -0.455. The van der Waals surface area contributed by atoms with Crippen molar-refractivity contribution in [3.05, 3.63) is 75.1 Å². The number of halogens is 2. The quantitative estimate of drug-likeness (QED) is 0.227. The summed E-state index contributed by atoms with van der Waals surface area (Å²) in [5, 5.41) is 0.249. The van der Waals surface area contributed by atoms with E-state index in [1.54, 1.807) is 18.2 Å². The van der Waals surface area contributed by atoms with Crippen LogP contribution in [0.1, 0.15) is 11.1 Å². The number of carbonyl (C=O) groups excluding carboxylic acids is 1. The number of rotatable bonds is 6. The Balaban J connectivity index is 2.03. The third-order valence-corrected chi connectivity index (χ3v) is 7.12. The number of amides is 1. The van der Waals surface area contributed by atoms with Crippen molar-refractivity contribution in [2.45, 2.75) is 11.8 Å². The molecule has 0 atom stereocenters. The van der Waals surface area contributed by atoms with E-state index >= 15 is 0 Å². The lowest BCUT2D eigenvalue weighted by molar-refractivity contribution is -0.121. The van der Waals surface area contributed by atoms with E-state index in [2.05, 4.69) is 6.58 Å². The molecule has 1 aliphatic rings. The van der Waals surface area contributed by atoms with E-state index in [4.69, 9.17) is 39.6 Å². The second-order valence-corrected chi connectivity index (χ2v) is 10.3. The average molecular weight is 500 g/mol. The molecule has 0 bridgehead atoms. The van der Waals surface area contributed by atoms with Gasteiger partial charge in [-0.05, 0) is 37.3 Å². The van der Waals surface area contributed by atoms with Crippen molar-refractivity contribution in [2.24, 2.45) is 0 Å². The highest BCUT2D eigenvalue weighted by atomic mass is 35.5. The van der Waals surface area contributed by atoms with Crippen molar-refractivity contribution in [3.63, 3.8) is 0 Å². The third-order valence-electron chi connectivity index (χ3n) is 4.01. The fraction of sp³-hybridized carbons (Fsp3) is 0.100. The van der Waals surface area contributed by atoms with E-state index in [9.17, 15) is 13.2 Å². The molecule has 2 aromatic rings. The molecule has 1 heterocycles. The van der Waals surface area contributed by atoms with E-state index in [1.165, 1.54) is 35.2 Å². The fourth-order valence-electron chi connectivity index (χ4n) is 2.57. The zero-order valence-corrected chi connectivity index (χ0v) is 19.6.